The number of methoxy groups -OCH3 is 1. The van der Waals surface area contributed by atoms with Crippen molar-refractivity contribution < 1.29 is 14.3 Å². The average molecular weight is 211 g/mol. The number of allylic oxidation sites excluding steroid dienone is 1. The molecule has 1 amide bonds. The smallest absolute Gasteiger partial charge is 0.315 e. The van der Waals surface area contributed by atoms with Crippen LogP contribution in [0.25, 0.3) is 0 Å². The van der Waals surface area contributed by atoms with Crippen molar-refractivity contribution >= 4 is 11.9 Å². The summed E-state index contributed by atoms with van der Waals surface area (Å²) in [5, 5.41) is 0. The van der Waals surface area contributed by atoms with E-state index in [-0.39, 0.29) is 17.9 Å². The van der Waals surface area contributed by atoms with Crippen LogP contribution in [0.3, 0.4) is 0 Å². The van der Waals surface area contributed by atoms with Crippen molar-refractivity contribution in [2.75, 3.05) is 13.7 Å². The minimum Gasteiger partial charge on any atom is -0.468 e. The Bertz CT molecular complexity index is 307. The Hall–Kier alpha value is -1.32. The van der Waals surface area contributed by atoms with Gasteiger partial charge in [-0.25, -0.2) is 0 Å². The van der Waals surface area contributed by atoms with Gasteiger partial charge in [0.2, 0.25) is 0 Å². The lowest BCUT2D eigenvalue weighted by Gasteiger charge is -2.19. The van der Waals surface area contributed by atoms with Crippen LogP contribution < -0.4 is 0 Å². The molecule has 0 saturated carbocycles. The van der Waals surface area contributed by atoms with Gasteiger partial charge >= 0.3 is 5.97 Å². The van der Waals surface area contributed by atoms with Crippen LogP contribution in [0.4, 0.5) is 0 Å². The first-order chi connectivity index (χ1) is 7.02. The zero-order valence-corrected chi connectivity index (χ0v) is 9.61. The van der Waals surface area contributed by atoms with Crippen LogP contribution >= 0.6 is 0 Å². The molecule has 4 nitrogen and oxygen atoms in total. The fourth-order valence-corrected chi connectivity index (χ4v) is 1.81. The number of nitrogens with zero attached hydrogens (tertiary/aromatic N) is 1. The summed E-state index contributed by atoms with van der Waals surface area (Å²) in [6.45, 7) is 6.07. The minimum absolute atomic E-state index is 0.0529. The summed E-state index contributed by atoms with van der Waals surface area (Å²) >= 11 is 0. The van der Waals surface area contributed by atoms with Crippen molar-refractivity contribution in [1.82, 2.24) is 4.90 Å². The third-order valence-electron chi connectivity index (χ3n) is 2.68. The van der Waals surface area contributed by atoms with E-state index in [0.29, 0.717) is 12.1 Å². The average Bonchev–Trinajstić information content (AvgIpc) is 2.54. The van der Waals surface area contributed by atoms with E-state index in [4.69, 9.17) is 0 Å². The van der Waals surface area contributed by atoms with Gasteiger partial charge in [-0.1, -0.05) is 6.08 Å². The van der Waals surface area contributed by atoms with E-state index >= 15 is 0 Å². The molecule has 0 spiro atoms. The molecule has 0 aliphatic carbocycles. The number of carbonyl (C=O) groups is 2. The summed E-state index contributed by atoms with van der Waals surface area (Å²) in [4.78, 5) is 25.0. The van der Waals surface area contributed by atoms with E-state index in [0.717, 1.165) is 0 Å². The SMILES string of the molecule is C/C=C1/C(=O)N(C(C)C)CC1C(=O)OC. The molecule has 0 N–H and O–H groups in total. The zero-order chi connectivity index (χ0) is 11.6. The van der Waals surface area contributed by atoms with Crippen molar-refractivity contribution in [2.24, 2.45) is 5.92 Å². The Labute approximate surface area is 89.9 Å². The van der Waals surface area contributed by atoms with Gasteiger partial charge in [0, 0.05) is 18.2 Å². The van der Waals surface area contributed by atoms with Crippen molar-refractivity contribution in [1.29, 1.82) is 0 Å². The number of likely N-dealkylation sites (tertiary alicyclic amines) is 1. The maximum absolute atomic E-state index is 11.9. The molecule has 1 aliphatic heterocycles. The molecule has 84 valence electrons. The van der Waals surface area contributed by atoms with E-state index < -0.39 is 5.92 Å². The molecule has 4 heteroatoms. The monoisotopic (exact) mass is 211 g/mol. The highest BCUT2D eigenvalue weighted by atomic mass is 16.5. The molecule has 0 aromatic heterocycles. The zero-order valence-electron chi connectivity index (χ0n) is 9.61. The molecule has 15 heavy (non-hydrogen) atoms. The van der Waals surface area contributed by atoms with E-state index in [1.54, 1.807) is 17.9 Å². The number of hydrogen-bond donors (Lipinski definition) is 0. The van der Waals surface area contributed by atoms with E-state index in [9.17, 15) is 9.59 Å². The third-order valence-corrected chi connectivity index (χ3v) is 2.68. The number of carbonyl (C=O) groups excluding carboxylic acids is 2. The topological polar surface area (TPSA) is 46.6 Å². The third kappa shape index (κ3) is 2.03. The van der Waals surface area contributed by atoms with Crippen LogP contribution in [0.15, 0.2) is 11.6 Å². The van der Waals surface area contributed by atoms with Crippen molar-refractivity contribution in [3.63, 3.8) is 0 Å². The predicted octanol–water partition coefficient (Wildman–Crippen LogP) is 0.972. The van der Waals surface area contributed by atoms with Crippen LogP contribution in [0, 0.1) is 5.92 Å². The van der Waals surface area contributed by atoms with Gasteiger partial charge in [0.15, 0.2) is 0 Å². The Balaban J connectivity index is 2.94. The van der Waals surface area contributed by atoms with Gasteiger partial charge in [0.1, 0.15) is 5.92 Å². The fourth-order valence-electron chi connectivity index (χ4n) is 1.81. The second-order valence-corrected chi connectivity index (χ2v) is 3.87. The normalized spacial score (nSPS) is 24.1. The van der Waals surface area contributed by atoms with Crippen molar-refractivity contribution in [3.05, 3.63) is 11.6 Å². The van der Waals surface area contributed by atoms with Gasteiger partial charge in [-0.15, -0.1) is 0 Å². The standard InChI is InChI=1S/C11H17NO3/c1-5-8-9(11(14)15-4)6-12(7(2)3)10(8)13/h5,7,9H,6H2,1-4H3/b8-5+. The second kappa shape index (κ2) is 4.47. The highest BCUT2D eigenvalue weighted by molar-refractivity contribution is 6.02. The predicted molar refractivity (Wildman–Crippen MR) is 56.1 cm³/mol. The summed E-state index contributed by atoms with van der Waals surface area (Å²) in [6.07, 6.45) is 1.70. The minimum atomic E-state index is -0.421. The van der Waals surface area contributed by atoms with Gasteiger partial charge in [-0.3, -0.25) is 9.59 Å². The summed E-state index contributed by atoms with van der Waals surface area (Å²) < 4.78 is 4.68. The number of ether oxygens (including phenoxy) is 1. The second-order valence-electron chi connectivity index (χ2n) is 3.87. The Morgan fingerprint density at radius 1 is 1.60 bits per heavy atom. The highest BCUT2D eigenvalue weighted by Gasteiger charge is 2.40. The highest BCUT2D eigenvalue weighted by Crippen LogP contribution is 2.26. The van der Waals surface area contributed by atoms with Crippen molar-refractivity contribution in [2.45, 2.75) is 26.8 Å². The quantitative estimate of drug-likeness (QED) is 0.505. The Kier molecular flexibility index (Phi) is 3.50. The lowest BCUT2D eigenvalue weighted by atomic mass is 10.0. The van der Waals surface area contributed by atoms with E-state index in [1.807, 2.05) is 13.8 Å². The fraction of sp³-hybridized carbons (Fsp3) is 0.636. The largest absolute Gasteiger partial charge is 0.468 e. The number of hydrogen-bond acceptors (Lipinski definition) is 3. The molecule has 1 fully saturated rings. The molecule has 1 unspecified atom stereocenters. The summed E-state index contributed by atoms with van der Waals surface area (Å²) in [5.41, 5.74) is 0.551. The molecule has 1 rings (SSSR count). The molecule has 1 heterocycles. The molecule has 1 aliphatic rings. The molecular weight excluding hydrogens is 194 g/mol. The molecule has 0 bridgehead atoms. The van der Waals surface area contributed by atoms with Crippen LogP contribution in [-0.4, -0.2) is 36.5 Å². The molecule has 0 aromatic carbocycles. The van der Waals surface area contributed by atoms with Crippen LogP contribution in [-0.2, 0) is 14.3 Å². The van der Waals surface area contributed by atoms with Crippen molar-refractivity contribution in [3.8, 4) is 0 Å². The maximum Gasteiger partial charge on any atom is 0.315 e. The lowest BCUT2D eigenvalue weighted by Crippen LogP contribution is -2.33. The van der Waals surface area contributed by atoms with Crippen LogP contribution in [0.5, 0.6) is 0 Å². The Morgan fingerprint density at radius 3 is 2.60 bits per heavy atom. The number of rotatable bonds is 2. The maximum atomic E-state index is 11.9. The van der Waals surface area contributed by atoms with Gasteiger partial charge in [0.05, 0.1) is 7.11 Å². The number of amides is 1. The first kappa shape index (κ1) is 11.8. The van der Waals surface area contributed by atoms with Gasteiger partial charge < -0.3 is 9.64 Å². The van der Waals surface area contributed by atoms with E-state index in [1.165, 1.54) is 7.11 Å². The summed E-state index contributed by atoms with van der Waals surface area (Å²) in [5.74, 6) is -0.808. The van der Waals surface area contributed by atoms with Crippen LogP contribution in [0.2, 0.25) is 0 Å². The molecule has 1 atom stereocenters. The van der Waals surface area contributed by atoms with Gasteiger partial charge in [-0.2, -0.15) is 0 Å². The first-order valence-electron chi connectivity index (χ1n) is 5.07. The van der Waals surface area contributed by atoms with Gasteiger partial charge in [0.25, 0.3) is 5.91 Å². The lowest BCUT2D eigenvalue weighted by molar-refractivity contribution is -0.143. The van der Waals surface area contributed by atoms with E-state index in [2.05, 4.69) is 4.74 Å². The van der Waals surface area contributed by atoms with Gasteiger partial charge in [-0.05, 0) is 20.8 Å². The molecular formula is C11H17NO3. The van der Waals surface area contributed by atoms with Crippen LogP contribution in [0.1, 0.15) is 20.8 Å². The summed E-state index contributed by atoms with van der Waals surface area (Å²) in [7, 11) is 1.35. The number of esters is 1. The molecule has 0 aromatic rings. The first-order valence-corrected chi connectivity index (χ1v) is 5.07. The summed E-state index contributed by atoms with van der Waals surface area (Å²) in [6, 6.07) is 0.113. The molecule has 0 radical (unpaired) electrons. The Morgan fingerprint density at radius 2 is 2.20 bits per heavy atom. The molecule has 1 saturated heterocycles.